The van der Waals surface area contributed by atoms with E-state index in [0.717, 1.165) is 16.8 Å². The van der Waals surface area contributed by atoms with Gasteiger partial charge in [0.15, 0.2) is 17.7 Å². The van der Waals surface area contributed by atoms with Gasteiger partial charge in [0.1, 0.15) is 0 Å². The third-order valence-corrected chi connectivity index (χ3v) is 3.59. The van der Waals surface area contributed by atoms with Gasteiger partial charge in [-0.3, -0.25) is 4.79 Å². The fraction of sp³-hybridized carbons (Fsp3) is 0.300. The number of esters is 1. The maximum absolute atomic E-state index is 11.6. The van der Waals surface area contributed by atoms with Gasteiger partial charge in [-0.1, -0.05) is 12.1 Å². The minimum atomic E-state index is -0.675. The van der Waals surface area contributed by atoms with Crippen molar-refractivity contribution in [3.63, 3.8) is 0 Å². The first kappa shape index (κ1) is 23.1. The second-order valence-electron chi connectivity index (χ2n) is 5.61. The molecular weight excluding hydrogens is 382 g/mol. The first-order chi connectivity index (χ1) is 13.1. The van der Waals surface area contributed by atoms with Crippen LogP contribution in [0.5, 0.6) is 11.5 Å². The summed E-state index contributed by atoms with van der Waals surface area (Å²) in [7, 11) is 0. The molecule has 28 heavy (non-hydrogen) atoms. The van der Waals surface area contributed by atoms with Crippen molar-refractivity contribution in [2.45, 2.75) is 27.0 Å². The lowest BCUT2D eigenvalue weighted by atomic mass is 10.1. The number of carbonyl (C=O) groups excluding carboxylic acids is 1. The topological polar surface area (TPSA) is 95.2 Å². The van der Waals surface area contributed by atoms with Crippen LogP contribution in [0.1, 0.15) is 38.1 Å². The Hall–Kier alpha value is -2.93. The molecule has 0 saturated carbocycles. The van der Waals surface area contributed by atoms with Crippen LogP contribution in [0.2, 0.25) is 0 Å². The number of nitrogens with two attached hydrogens (primary N) is 1. The number of nitrogens with zero attached hydrogens (tertiary/aromatic N) is 1. The van der Waals surface area contributed by atoms with Crippen LogP contribution in [0.4, 0.5) is 5.69 Å². The molecule has 2 aromatic carbocycles. The molecule has 0 bridgehead atoms. The second kappa shape index (κ2) is 11.7. The van der Waals surface area contributed by atoms with Crippen molar-refractivity contribution in [1.82, 2.24) is 0 Å². The largest absolute Gasteiger partial charge is 0.490 e. The van der Waals surface area contributed by atoms with Crippen molar-refractivity contribution < 1.29 is 19.0 Å². The maximum Gasteiger partial charge on any atom is 0.304 e. The third kappa shape index (κ3) is 6.66. The summed E-state index contributed by atoms with van der Waals surface area (Å²) in [5.41, 5.74) is 2.39. The number of hydrogen-bond donors (Lipinski definition) is 2. The fourth-order valence-electron chi connectivity index (χ4n) is 2.48. The van der Waals surface area contributed by atoms with E-state index in [9.17, 15) is 4.79 Å². The summed E-state index contributed by atoms with van der Waals surface area (Å²) in [6, 6.07) is 12.9. The summed E-state index contributed by atoms with van der Waals surface area (Å²) in [5.74, 6) is 6.01. The molecule has 0 spiro atoms. The van der Waals surface area contributed by atoms with Crippen molar-refractivity contribution in [3.05, 3.63) is 53.6 Å². The monoisotopic (exact) mass is 407 g/mol. The molecule has 2 rings (SSSR count). The zero-order chi connectivity index (χ0) is 19.6. The minimum Gasteiger partial charge on any atom is -0.490 e. The molecule has 2 aromatic rings. The van der Waals surface area contributed by atoms with E-state index in [1.165, 1.54) is 6.92 Å². The molecule has 1 unspecified atom stereocenters. The van der Waals surface area contributed by atoms with Gasteiger partial charge in [-0.25, -0.2) is 0 Å². The van der Waals surface area contributed by atoms with Crippen LogP contribution < -0.4 is 20.6 Å². The second-order valence-corrected chi connectivity index (χ2v) is 5.61. The predicted molar refractivity (Wildman–Crippen MR) is 112 cm³/mol. The fourth-order valence-corrected chi connectivity index (χ4v) is 2.48. The summed E-state index contributed by atoms with van der Waals surface area (Å²) >= 11 is 0. The van der Waals surface area contributed by atoms with E-state index < -0.39 is 12.2 Å². The van der Waals surface area contributed by atoms with E-state index >= 15 is 0 Å². The Kier molecular flexibility index (Phi) is 9.67. The summed E-state index contributed by atoms with van der Waals surface area (Å²) < 4.78 is 16.7. The van der Waals surface area contributed by atoms with Crippen molar-refractivity contribution in [2.75, 3.05) is 18.5 Å². The number of hydrogen-bond acceptors (Lipinski definition) is 7. The van der Waals surface area contributed by atoms with Crippen LogP contribution in [0.25, 0.3) is 0 Å². The molecule has 0 amide bonds. The molecular formula is C20H26ClN3O4. The number of rotatable bonds is 9. The van der Waals surface area contributed by atoms with Gasteiger partial charge in [-0.15, -0.1) is 12.4 Å². The summed E-state index contributed by atoms with van der Waals surface area (Å²) in [6.07, 6.45) is 0.875. The number of halogens is 1. The van der Waals surface area contributed by atoms with E-state index in [2.05, 4.69) is 10.4 Å². The Morgan fingerprint density at radius 2 is 1.75 bits per heavy atom. The molecule has 152 valence electrons. The quantitative estimate of drug-likeness (QED) is 0.215. The van der Waals surface area contributed by atoms with Gasteiger partial charge in [0.2, 0.25) is 0 Å². The Morgan fingerprint density at radius 1 is 1.11 bits per heavy atom. The lowest BCUT2D eigenvalue weighted by molar-refractivity contribution is -0.145. The van der Waals surface area contributed by atoms with Gasteiger partial charge in [0.05, 0.1) is 19.4 Å². The van der Waals surface area contributed by atoms with Crippen LogP contribution >= 0.6 is 12.4 Å². The van der Waals surface area contributed by atoms with Gasteiger partial charge >= 0.3 is 5.97 Å². The Balaban J connectivity index is 0.00000392. The number of anilines is 1. The summed E-state index contributed by atoms with van der Waals surface area (Å²) in [6.45, 7) is 6.21. The molecule has 0 radical (unpaired) electrons. The lowest BCUT2D eigenvalue weighted by Gasteiger charge is -2.21. The van der Waals surface area contributed by atoms with Crippen LogP contribution in [0.3, 0.4) is 0 Å². The lowest BCUT2D eigenvalue weighted by Crippen LogP contribution is -2.17. The van der Waals surface area contributed by atoms with Gasteiger partial charge in [-0.2, -0.15) is 5.10 Å². The number of benzene rings is 2. The molecule has 0 aliphatic rings. The predicted octanol–water partition coefficient (Wildman–Crippen LogP) is 3.87. The molecule has 0 heterocycles. The molecule has 1 atom stereocenters. The van der Waals surface area contributed by atoms with Gasteiger partial charge in [0, 0.05) is 18.2 Å². The molecule has 0 aliphatic carbocycles. The standard InChI is InChI=1S/C20H25N3O4.ClH/c1-4-25-18-11-8-16(12-19(18)26-5-2)20(27-14(3)24)23-17-9-6-15(7-10-17)13-22-21;/h6-13,20,23H,4-5,21H2,1-3H3;1H. The molecule has 8 heteroatoms. The van der Waals surface area contributed by atoms with Crippen molar-refractivity contribution in [2.24, 2.45) is 10.9 Å². The van der Waals surface area contributed by atoms with Gasteiger partial charge in [-0.05, 0) is 49.7 Å². The van der Waals surface area contributed by atoms with E-state index in [1.807, 2.05) is 56.3 Å². The highest BCUT2D eigenvalue weighted by Gasteiger charge is 2.17. The maximum atomic E-state index is 11.6. The average Bonchev–Trinajstić information content (AvgIpc) is 2.64. The molecule has 0 fully saturated rings. The number of hydrazone groups is 1. The normalized spacial score (nSPS) is 11.4. The smallest absolute Gasteiger partial charge is 0.304 e. The Bertz CT molecular complexity index is 782. The zero-order valence-electron chi connectivity index (χ0n) is 16.2. The average molecular weight is 408 g/mol. The van der Waals surface area contributed by atoms with Gasteiger partial charge < -0.3 is 25.4 Å². The molecule has 0 aromatic heterocycles. The molecule has 7 nitrogen and oxygen atoms in total. The highest BCUT2D eigenvalue weighted by atomic mass is 35.5. The number of ether oxygens (including phenoxy) is 3. The van der Waals surface area contributed by atoms with Crippen molar-refractivity contribution in [1.29, 1.82) is 0 Å². The highest BCUT2D eigenvalue weighted by molar-refractivity contribution is 5.85. The zero-order valence-corrected chi connectivity index (χ0v) is 17.0. The van der Waals surface area contributed by atoms with E-state index in [1.54, 1.807) is 6.21 Å². The Labute approximate surface area is 171 Å². The van der Waals surface area contributed by atoms with E-state index in [-0.39, 0.29) is 12.4 Å². The Morgan fingerprint density at radius 3 is 2.32 bits per heavy atom. The summed E-state index contributed by atoms with van der Waals surface area (Å²) in [5, 5.41) is 6.70. The van der Waals surface area contributed by atoms with E-state index in [0.29, 0.717) is 24.7 Å². The molecule has 0 saturated heterocycles. The van der Waals surface area contributed by atoms with Crippen LogP contribution in [-0.4, -0.2) is 25.4 Å². The van der Waals surface area contributed by atoms with Crippen molar-refractivity contribution in [3.8, 4) is 11.5 Å². The van der Waals surface area contributed by atoms with E-state index in [4.69, 9.17) is 20.1 Å². The first-order valence-corrected chi connectivity index (χ1v) is 8.74. The molecule has 3 N–H and O–H groups in total. The SMILES string of the molecule is CCOc1ccc(C(Nc2ccc(C=NN)cc2)OC(C)=O)cc1OCC.Cl. The van der Waals surface area contributed by atoms with Crippen LogP contribution in [-0.2, 0) is 9.53 Å². The number of nitrogens with one attached hydrogen (secondary N) is 1. The highest BCUT2D eigenvalue weighted by Crippen LogP contribution is 2.32. The van der Waals surface area contributed by atoms with Crippen molar-refractivity contribution >= 4 is 30.3 Å². The van der Waals surface area contributed by atoms with Crippen LogP contribution in [0.15, 0.2) is 47.6 Å². The van der Waals surface area contributed by atoms with Crippen LogP contribution in [0, 0.1) is 0 Å². The summed E-state index contributed by atoms with van der Waals surface area (Å²) in [4.78, 5) is 11.6. The molecule has 0 aliphatic heterocycles. The van der Waals surface area contributed by atoms with Gasteiger partial charge in [0.25, 0.3) is 0 Å². The third-order valence-electron chi connectivity index (χ3n) is 3.59. The minimum absolute atomic E-state index is 0. The number of carbonyl (C=O) groups is 1. The first-order valence-electron chi connectivity index (χ1n) is 8.74.